The molecule has 0 saturated carbocycles. The first-order chi connectivity index (χ1) is 32.2. The van der Waals surface area contributed by atoms with E-state index in [0.717, 1.165) is 12.5 Å². The van der Waals surface area contributed by atoms with E-state index < -0.39 is 116 Å². The van der Waals surface area contributed by atoms with Crippen molar-refractivity contribution in [2.24, 2.45) is 0 Å². The lowest BCUT2D eigenvalue weighted by molar-refractivity contribution is -0.139. The average Bonchev–Trinajstić information content (AvgIpc) is 4.09. The molecule has 0 radical (unpaired) electrons. The molecule has 6 amide bonds. The molecule has 0 spiro atoms. The van der Waals surface area contributed by atoms with Crippen LogP contribution in [0.4, 0.5) is 21.0 Å². The molecule has 0 aromatic heterocycles. The molecule has 4 heterocycles. The van der Waals surface area contributed by atoms with E-state index in [1.54, 1.807) is 88.6 Å². The molecular formula is C44H64N10O12S2. The first kappa shape index (κ1) is 52.0. The number of unbranched alkanes of at least 4 members (excludes halogenated alkanes) is 1. The molecule has 22 nitrogen and oxygen atoms in total. The number of fused-ring (bicyclic) bond motifs is 2. The van der Waals surface area contributed by atoms with E-state index in [1.165, 1.54) is 18.4 Å². The van der Waals surface area contributed by atoms with Gasteiger partial charge in [0.05, 0.1) is 61.9 Å². The van der Waals surface area contributed by atoms with Crippen molar-refractivity contribution < 1.29 is 55.1 Å². The standard InChI is InChI=1S/C44H64N10O12S2/c1-27(45-3)39(55)49-31(41(57)51-23-21-33-37(51)35(25-53(33)67(5,61)62)65-43(59)47-29-15-9-7-10-16-29)19-13-14-20-32(50-40(56)28(2)46-4)42(58)52-24-22-34-38(52)36(26-54(34)68(6,63)64)66-44(60)48-30-17-11-8-12-18-30/h7-12,15-18,27-28,31-38,45-46H,13-14,19-26H2,1-6H3,(H,47,59)(H,48,60)(H,49,55)(H,50,56). The fourth-order valence-corrected chi connectivity index (χ4v) is 11.8. The first-order valence-electron chi connectivity index (χ1n) is 22.8. The average molecular weight is 989 g/mol. The van der Waals surface area contributed by atoms with Crippen LogP contribution in [0.15, 0.2) is 60.7 Å². The van der Waals surface area contributed by atoms with Gasteiger partial charge in [-0.2, -0.15) is 8.61 Å². The number of ether oxygens (including phenoxy) is 2. The summed E-state index contributed by atoms with van der Waals surface area (Å²) in [6, 6.07) is 10.4. The van der Waals surface area contributed by atoms with Crippen molar-refractivity contribution in [3.05, 3.63) is 60.7 Å². The Balaban J connectivity index is 1.18. The van der Waals surface area contributed by atoms with Crippen LogP contribution in [-0.4, -0.2) is 184 Å². The summed E-state index contributed by atoms with van der Waals surface area (Å²) in [7, 11) is -4.40. The van der Waals surface area contributed by atoms with Crippen LogP contribution >= 0.6 is 0 Å². The molecule has 4 aliphatic rings. The molecule has 4 fully saturated rings. The number of carbonyl (C=O) groups is 6. The summed E-state index contributed by atoms with van der Waals surface area (Å²) in [5.41, 5.74) is 0.910. The molecule has 68 heavy (non-hydrogen) atoms. The third-order valence-corrected chi connectivity index (χ3v) is 15.7. The highest BCUT2D eigenvalue weighted by atomic mass is 32.2. The van der Waals surface area contributed by atoms with Crippen LogP contribution in [0.25, 0.3) is 0 Å². The van der Waals surface area contributed by atoms with E-state index in [1.807, 2.05) is 0 Å². The zero-order valence-corrected chi connectivity index (χ0v) is 40.8. The lowest BCUT2D eigenvalue weighted by Gasteiger charge is -2.32. The highest BCUT2D eigenvalue weighted by molar-refractivity contribution is 7.88. The van der Waals surface area contributed by atoms with Crippen molar-refractivity contribution in [3.63, 3.8) is 0 Å². The largest absolute Gasteiger partial charge is 0.442 e. The minimum Gasteiger partial charge on any atom is -0.442 e. The number of amides is 6. The summed E-state index contributed by atoms with van der Waals surface area (Å²) in [6.45, 7) is 3.12. The summed E-state index contributed by atoms with van der Waals surface area (Å²) < 4.78 is 66.0. The predicted molar refractivity (Wildman–Crippen MR) is 251 cm³/mol. The number of para-hydroxylation sites is 2. The highest BCUT2D eigenvalue weighted by Gasteiger charge is 2.57. The number of hydrogen-bond acceptors (Lipinski definition) is 14. The minimum atomic E-state index is -3.79. The van der Waals surface area contributed by atoms with Gasteiger partial charge in [0, 0.05) is 24.5 Å². The van der Waals surface area contributed by atoms with Gasteiger partial charge in [-0.05, 0) is 77.9 Å². The molecule has 6 rings (SSSR count). The van der Waals surface area contributed by atoms with Crippen LogP contribution in [0, 0.1) is 0 Å². The van der Waals surface area contributed by atoms with Crippen molar-refractivity contribution in [3.8, 4) is 0 Å². The van der Waals surface area contributed by atoms with E-state index in [2.05, 4.69) is 31.9 Å². The SMILES string of the molecule is CNC(C)C(=O)NC(CCCCC(NC(=O)C(C)NC)C(=O)N1CCC2C1C(OC(=O)Nc1ccccc1)CN2S(C)(=O)=O)C(=O)N1CCC2C1C(OC(=O)Nc1ccccc1)CN2S(C)(=O)=O. The monoisotopic (exact) mass is 988 g/mol. The van der Waals surface area contributed by atoms with Gasteiger partial charge in [-0.1, -0.05) is 49.2 Å². The first-order valence-corrected chi connectivity index (χ1v) is 26.5. The number of likely N-dealkylation sites (N-methyl/N-ethyl adjacent to an activating group) is 2. The molecule has 10 unspecified atom stereocenters. The van der Waals surface area contributed by atoms with Crippen molar-refractivity contribution in [2.45, 2.75) is 113 Å². The molecule has 24 heteroatoms. The predicted octanol–water partition coefficient (Wildman–Crippen LogP) is 0.456. The minimum absolute atomic E-state index is 0.0800. The van der Waals surface area contributed by atoms with Gasteiger partial charge < -0.3 is 40.5 Å². The summed E-state index contributed by atoms with van der Waals surface area (Å²) >= 11 is 0. The smallest absolute Gasteiger partial charge is 0.412 e. The van der Waals surface area contributed by atoms with Crippen LogP contribution in [0.5, 0.6) is 0 Å². The molecule has 2 aromatic rings. The second-order valence-corrected chi connectivity index (χ2v) is 21.6. The lowest BCUT2D eigenvalue weighted by Crippen LogP contribution is -2.56. The lowest BCUT2D eigenvalue weighted by atomic mass is 10.0. The molecule has 2 aromatic carbocycles. The van der Waals surface area contributed by atoms with Crippen LogP contribution in [0.1, 0.15) is 52.4 Å². The number of hydrogen-bond donors (Lipinski definition) is 6. The summed E-state index contributed by atoms with van der Waals surface area (Å²) in [5.74, 6) is -1.96. The molecule has 0 aliphatic carbocycles. The quantitative estimate of drug-likeness (QED) is 0.104. The molecule has 6 N–H and O–H groups in total. The highest BCUT2D eigenvalue weighted by Crippen LogP contribution is 2.37. The van der Waals surface area contributed by atoms with Crippen LogP contribution in [-0.2, 0) is 48.7 Å². The van der Waals surface area contributed by atoms with Gasteiger partial charge in [0.15, 0.2) is 0 Å². The maximum atomic E-state index is 14.6. The van der Waals surface area contributed by atoms with Crippen molar-refractivity contribution >= 4 is 67.2 Å². The zero-order chi connectivity index (χ0) is 49.5. The van der Waals surface area contributed by atoms with E-state index in [9.17, 15) is 45.6 Å². The van der Waals surface area contributed by atoms with Crippen LogP contribution < -0.4 is 31.9 Å². The number of benzene rings is 2. The number of nitrogens with one attached hydrogen (secondary N) is 6. The van der Waals surface area contributed by atoms with Gasteiger partial charge >= 0.3 is 12.2 Å². The van der Waals surface area contributed by atoms with Gasteiger partial charge in [0.2, 0.25) is 43.7 Å². The summed E-state index contributed by atoms with van der Waals surface area (Å²) in [6.07, 6.45) is -0.408. The molecule has 0 bridgehead atoms. The topological polar surface area (TPSA) is 274 Å². The van der Waals surface area contributed by atoms with Gasteiger partial charge in [-0.3, -0.25) is 29.8 Å². The second kappa shape index (κ2) is 22.4. The van der Waals surface area contributed by atoms with Crippen LogP contribution in [0.2, 0.25) is 0 Å². The maximum absolute atomic E-state index is 14.6. The number of likely N-dealkylation sites (tertiary alicyclic amines) is 2. The van der Waals surface area contributed by atoms with Gasteiger partial charge in [-0.25, -0.2) is 26.4 Å². The Morgan fingerprint density at radius 2 is 0.956 bits per heavy atom. The van der Waals surface area contributed by atoms with E-state index >= 15 is 0 Å². The molecular weight excluding hydrogens is 925 g/mol. The molecule has 374 valence electrons. The Hall–Kier alpha value is -5.40. The van der Waals surface area contributed by atoms with Crippen molar-refractivity contribution in [1.29, 1.82) is 0 Å². The Labute approximate surface area is 397 Å². The fourth-order valence-electron chi connectivity index (χ4n) is 9.54. The molecule has 10 atom stereocenters. The number of carbonyl (C=O) groups excluding carboxylic acids is 6. The van der Waals surface area contributed by atoms with E-state index in [0.29, 0.717) is 11.4 Å². The van der Waals surface area contributed by atoms with Gasteiger partial charge in [0.1, 0.15) is 24.3 Å². The molecule has 4 aliphatic heterocycles. The third kappa shape index (κ3) is 12.4. The van der Waals surface area contributed by atoms with Crippen molar-refractivity contribution in [1.82, 2.24) is 39.7 Å². The normalized spacial score (nSPS) is 24.5. The zero-order valence-electron chi connectivity index (χ0n) is 39.1. The Morgan fingerprint density at radius 1 is 0.603 bits per heavy atom. The van der Waals surface area contributed by atoms with Gasteiger partial charge in [0.25, 0.3) is 0 Å². The van der Waals surface area contributed by atoms with Crippen LogP contribution in [0.3, 0.4) is 0 Å². The van der Waals surface area contributed by atoms with Crippen molar-refractivity contribution in [2.75, 3.05) is 63.4 Å². The van der Waals surface area contributed by atoms with Gasteiger partial charge in [-0.15, -0.1) is 0 Å². The Morgan fingerprint density at radius 3 is 1.28 bits per heavy atom. The number of nitrogens with zero attached hydrogens (tertiary/aromatic N) is 4. The number of anilines is 2. The summed E-state index contributed by atoms with van der Waals surface area (Å²) in [5, 5.41) is 16.7. The van der Waals surface area contributed by atoms with E-state index in [-0.39, 0.29) is 64.7 Å². The number of rotatable bonds is 19. The summed E-state index contributed by atoms with van der Waals surface area (Å²) in [4.78, 5) is 85.2. The molecule has 4 saturated heterocycles. The third-order valence-electron chi connectivity index (χ3n) is 13.2. The Kier molecular flexibility index (Phi) is 17.1. The van der Waals surface area contributed by atoms with E-state index in [4.69, 9.17) is 9.47 Å². The fraction of sp³-hybridized carbons (Fsp3) is 0.591. The number of sulfonamides is 2. The maximum Gasteiger partial charge on any atom is 0.412 e. The second-order valence-electron chi connectivity index (χ2n) is 17.7. The Bertz CT molecular complexity index is 2200.